The van der Waals surface area contributed by atoms with Crippen molar-refractivity contribution < 1.29 is 28.5 Å². The highest BCUT2D eigenvalue weighted by Crippen LogP contribution is 2.26. The second kappa shape index (κ2) is 5.97. The van der Waals surface area contributed by atoms with Crippen molar-refractivity contribution in [3.8, 4) is 0 Å². The van der Waals surface area contributed by atoms with Crippen molar-refractivity contribution in [3.63, 3.8) is 0 Å². The van der Waals surface area contributed by atoms with E-state index in [4.69, 9.17) is 18.9 Å². The molecule has 4 atom stereocenters. The lowest BCUT2D eigenvalue weighted by Crippen LogP contribution is -2.51. The van der Waals surface area contributed by atoms with Crippen molar-refractivity contribution in [1.29, 1.82) is 0 Å². The molecule has 0 saturated carbocycles. The first-order valence-electron chi connectivity index (χ1n) is 5.44. The molecule has 0 radical (unpaired) electrons. The Morgan fingerprint density at radius 2 is 1.76 bits per heavy atom. The number of rotatable bonds is 3. The Balaban J connectivity index is 2.75. The number of carbonyl (C=O) groups excluding carboxylic acids is 2. The van der Waals surface area contributed by atoms with Crippen LogP contribution in [0, 0.1) is 5.92 Å². The zero-order valence-electron chi connectivity index (χ0n) is 10.5. The molecule has 17 heavy (non-hydrogen) atoms. The Kier molecular flexibility index (Phi) is 4.89. The largest absolute Gasteiger partial charge is 0.455 e. The summed E-state index contributed by atoms with van der Waals surface area (Å²) in [5.41, 5.74) is 0. The summed E-state index contributed by atoms with van der Waals surface area (Å²) in [6.45, 7) is 4.74. The van der Waals surface area contributed by atoms with Crippen molar-refractivity contribution in [1.82, 2.24) is 0 Å². The SMILES string of the molecule is CO[C@H]1CO[C@@H](OC(C)=O)[C@H](OC(C)=O)[C@@H]1C. The molecule has 0 amide bonds. The third-order valence-corrected chi connectivity index (χ3v) is 2.68. The normalized spacial score (nSPS) is 32.9. The van der Waals surface area contributed by atoms with E-state index in [1.165, 1.54) is 13.8 Å². The molecule has 1 heterocycles. The number of ether oxygens (including phenoxy) is 4. The topological polar surface area (TPSA) is 71.1 Å². The molecule has 0 aliphatic carbocycles. The van der Waals surface area contributed by atoms with Gasteiger partial charge in [-0.05, 0) is 0 Å². The molecule has 1 saturated heterocycles. The maximum atomic E-state index is 11.0. The number of hydrogen-bond acceptors (Lipinski definition) is 6. The van der Waals surface area contributed by atoms with E-state index < -0.39 is 24.3 Å². The average Bonchev–Trinajstić information content (AvgIpc) is 2.22. The van der Waals surface area contributed by atoms with Gasteiger partial charge in [-0.15, -0.1) is 0 Å². The quantitative estimate of drug-likeness (QED) is 0.675. The lowest BCUT2D eigenvalue weighted by Gasteiger charge is -2.38. The molecule has 0 aromatic carbocycles. The molecular weight excluding hydrogens is 228 g/mol. The molecule has 1 aliphatic heterocycles. The van der Waals surface area contributed by atoms with Crippen LogP contribution in [0.5, 0.6) is 0 Å². The van der Waals surface area contributed by atoms with Gasteiger partial charge in [0.05, 0.1) is 12.7 Å². The number of esters is 2. The average molecular weight is 246 g/mol. The standard InChI is InChI=1S/C11H18O6/c1-6-9(14-4)5-15-11(17-8(3)13)10(6)16-7(2)12/h6,9-11H,5H2,1-4H3/t6-,9+,10-,11+/m1/s1. The van der Waals surface area contributed by atoms with Crippen LogP contribution in [-0.2, 0) is 28.5 Å². The van der Waals surface area contributed by atoms with Crippen molar-refractivity contribution in [3.05, 3.63) is 0 Å². The van der Waals surface area contributed by atoms with Gasteiger partial charge in [-0.1, -0.05) is 6.92 Å². The van der Waals surface area contributed by atoms with Gasteiger partial charge in [0, 0.05) is 26.9 Å². The first-order chi connectivity index (χ1) is 7.95. The van der Waals surface area contributed by atoms with E-state index in [9.17, 15) is 9.59 Å². The van der Waals surface area contributed by atoms with Crippen molar-refractivity contribution in [2.75, 3.05) is 13.7 Å². The zero-order valence-corrected chi connectivity index (χ0v) is 10.5. The predicted molar refractivity (Wildman–Crippen MR) is 57.0 cm³/mol. The van der Waals surface area contributed by atoms with Crippen LogP contribution in [0.1, 0.15) is 20.8 Å². The molecule has 0 aromatic heterocycles. The summed E-state index contributed by atoms with van der Waals surface area (Å²) in [4.78, 5) is 22.0. The van der Waals surface area contributed by atoms with Gasteiger partial charge in [0.2, 0.25) is 6.29 Å². The van der Waals surface area contributed by atoms with Crippen molar-refractivity contribution in [2.24, 2.45) is 5.92 Å². The molecule has 0 bridgehead atoms. The van der Waals surface area contributed by atoms with Gasteiger partial charge < -0.3 is 18.9 Å². The molecule has 6 nitrogen and oxygen atoms in total. The van der Waals surface area contributed by atoms with Crippen molar-refractivity contribution in [2.45, 2.75) is 39.3 Å². The second-order valence-corrected chi connectivity index (χ2v) is 4.02. The van der Waals surface area contributed by atoms with Crippen LogP contribution in [0.2, 0.25) is 0 Å². The molecule has 98 valence electrons. The molecule has 0 spiro atoms. The van der Waals surface area contributed by atoms with E-state index in [2.05, 4.69) is 0 Å². The first-order valence-corrected chi connectivity index (χ1v) is 5.44. The summed E-state index contributed by atoms with van der Waals surface area (Å²) in [7, 11) is 1.56. The first kappa shape index (κ1) is 13.9. The monoisotopic (exact) mass is 246 g/mol. The molecule has 6 heteroatoms. The molecular formula is C11H18O6. The lowest BCUT2D eigenvalue weighted by molar-refractivity contribution is -0.256. The third kappa shape index (κ3) is 3.67. The highest BCUT2D eigenvalue weighted by Gasteiger charge is 2.42. The van der Waals surface area contributed by atoms with E-state index in [1.807, 2.05) is 6.92 Å². The van der Waals surface area contributed by atoms with Gasteiger partial charge in [-0.2, -0.15) is 0 Å². The van der Waals surface area contributed by atoms with E-state index in [-0.39, 0.29) is 12.0 Å². The smallest absolute Gasteiger partial charge is 0.305 e. The van der Waals surface area contributed by atoms with Crippen LogP contribution in [0.25, 0.3) is 0 Å². The van der Waals surface area contributed by atoms with Crippen LogP contribution in [0.15, 0.2) is 0 Å². The van der Waals surface area contributed by atoms with Gasteiger partial charge in [-0.25, -0.2) is 0 Å². The van der Waals surface area contributed by atoms with Gasteiger partial charge >= 0.3 is 11.9 Å². The summed E-state index contributed by atoms with van der Waals surface area (Å²) in [6, 6.07) is 0. The summed E-state index contributed by atoms with van der Waals surface area (Å²) in [6.07, 6.45) is -1.70. The minimum absolute atomic E-state index is 0.109. The Morgan fingerprint density at radius 1 is 1.18 bits per heavy atom. The van der Waals surface area contributed by atoms with Crippen LogP contribution in [0.3, 0.4) is 0 Å². The third-order valence-electron chi connectivity index (χ3n) is 2.68. The molecule has 0 N–H and O–H groups in total. The number of carbonyl (C=O) groups is 2. The maximum Gasteiger partial charge on any atom is 0.305 e. The predicted octanol–water partition coefficient (Wildman–Crippen LogP) is 0.489. The fourth-order valence-electron chi connectivity index (χ4n) is 1.80. The minimum Gasteiger partial charge on any atom is -0.455 e. The highest BCUT2D eigenvalue weighted by atomic mass is 16.7. The summed E-state index contributed by atoms with van der Waals surface area (Å²) >= 11 is 0. The Bertz CT molecular complexity index is 290. The second-order valence-electron chi connectivity index (χ2n) is 4.02. The fourth-order valence-corrected chi connectivity index (χ4v) is 1.80. The summed E-state index contributed by atoms with van der Waals surface area (Å²) < 4.78 is 20.6. The zero-order chi connectivity index (χ0) is 13.0. The number of methoxy groups -OCH3 is 1. The Morgan fingerprint density at radius 3 is 2.24 bits per heavy atom. The highest BCUT2D eigenvalue weighted by molar-refractivity contribution is 5.67. The van der Waals surface area contributed by atoms with E-state index in [0.717, 1.165) is 0 Å². The minimum atomic E-state index is -0.863. The van der Waals surface area contributed by atoms with Gasteiger partial charge in [0.1, 0.15) is 0 Å². The molecule has 0 unspecified atom stereocenters. The van der Waals surface area contributed by atoms with Gasteiger partial charge in [0.15, 0.2) is 6.10 Å². The number of hydrogen-bond donors (Lipinski definition) is 0. The molecule has 1 aliphatic rings. The van der Waals surface area contributed by atoms with Crippen LogP contribution in [-0.4, -0.2) is 44.2 Å². The van der Waals surface area contributed by atoms with Crippen LogP contribution >= 0.6 is 0 Å². The van der Waals surface area contributed by atoms with Crippen LogP contribution in [0.4, 0.5) is 0 Å². The molecule has 1 fully saturated rings. The molecule has 1 rings (SSSR count). The van der Waals surface area contributed by atoms with Gasteiger partial charge in [-0.3, -0.25) is 9.59 Å². The van der Waals surface area contributed by atoms with Gasteiger partial charge in [0.25, 0.3) is 0 Å². The Hall–Kier alpha value is -1.14. The summed E-state index contributed by atoms with van der Waals surface area (Å²) in [5.74, 6) is -1.03. The fraction of sp³-hybridized carbons (Fsp3) is 0.818. The summed E-state index contributed by atoms with van der Waals surface area (Å²) in [5, 5.41) is 0. The molecule has 0 aromatic rings. The lowest BCUT2D eigenvalue weighted by atomic mass is 9.95. The Labute approximate surface area is 100 Å². The van der Waals surface area contributed by atoms with E-state index in [1.54, 1.807) is 7.11 Å². The maximum absolute atomic E-state index is 11.0. The van der Waals surface area contributed by atoms with Crippen molar-refractivity contribution >= 4 is 11.9 Å². The van der Waals surface area contributed by atoms with E-state index >= 15 is 0 Å². The van der Waals surface area contributed by atoms with E-state index in [0.29, 0.717) is 6.61 Å². The van der Waals surface area contributed by atoms with Crippen LogP contribution < -0.4 is 0 Å².